The van der Waals surface area contributed by atoms with E-state index in [0.29, 0.717) is 0 Å². The Labute approximate surface area is 60.8 Å². The van der Waals surface area contributed by atoms with Gasteiger partial charge in [-0.05, 0) is 12.8 Å². The second-order valence-electron chi connectivity index (χ2n) is 2.57. The first-order valence-corrected chi connectivity index (χ1v) is 3.65. The molecule has 1 radical (unpaired) electrons. The van der Waals surface area contributed by atoms with Gasteiger partial charge in [-0.25, -0.2) is 5.01 Å². The molecule has 0 N–H and O–H groups in total. The van der Waals surface area contributed by atoms with Crippen LogP contribution in [0, 0.1) is 6.73 Å². The lowest BCUT2D eigenvalue weighted by atomic mass is 10.4. The summed E-state index contributed by atoms with van der Waals surface area (Å²) in [5, 5.41) is 4.27. The fraction of sp³-hybridized carbons (Fsp3) is 0.571. The van der Waals surface area contributed by atoms with Crippen LogP contribution in [-0.4, -0.2) is 23.1 Å². The molecule has 3 nitrogen and oxygen atoms in total. The first-order chi connectivity index (χ1) is 4.97. The molecule has 0 aliphatic carbocycles. The summed E-state index contributed by atoms with van der Waals surface area (Å²) in [5.74, 6) is 0. The van der Waals surface area contributed by atoms with Crippen LogP contribution in [0.1, 0.15) is 12.8 Å². The quantitative estimate of drug-likeness (QED) is 0.537. The first-order valence-electron chi connectivity index (χ1n) is 3.65. The Kier molecular flexibility index (Phi) is 1.51. The first kappa shape index (κ1) is 6.04. The lowest BCUT2D eigenvalue weighted by molar-refractivity contribution is 0.0455. The third-order valence-corrected chi connectivity index (χ3v) is 1.87. The van der Waals surface area contributed by atoms with Gasteiger partial charge in [0.25, 0.3) is 0 Å². The van der Waals surface area contributed by atoms with Crippen molar-refractivity contribution in [1.82, 2.24) is 10.0 Å². The van der Waals surface area contributed by atoms with Crippen molar-refractivity contribution in [3.8, 4) is 0 Å². The van der Waals surface area contributed by atoms with Crippen LogP contribution in [0.4, 0.5) is 0 Å². The number of hydrazine groups is 1. The normalized spacial score (nSPS) is 25.8. The molecule has 0 saturated carbocycles. The highest BCUT2D eigenvalue weighted by Crippen LogP contribution is 2.16. The zero-order chi connectivity index (χ0) is 6.81. The van der Waals surface area contributed by atoms with Crippen LogP contribution in [0.5, 0.6) is 0 Å². The van der Waals surface area contributed by atoms with Gasteiger partial charge in [-0.3, -0.25) is 5.01 Å². The Morgan fingerprint density at radius 3 is 2.60 bits per heavy atom. The van der Waals surface area contributed by atoms with Crippen LogP contribution in [0.15, 0.2) is 12.5 Å². The summed E-state index contributed by atoms with van der Waals surface area (Å²) < 4.78 is 4.95. The Morgan fingerprint density at radius 1 is 1.20 bits per heavy atom. The molecule has 0 amide bonds. The lowest BCUT2D eigenvalue weighted by Gasteiger charge is -2.24. The minimum absolute atomic E-state index is 1.16. The van der Waals surface area contributed by atoms with Crippen LogP contribution >= 0.6 is 0 Å². The molecule has 0 aromatic carbocycles. The van der Waals surface area contributed by atoms with E-state index in [4.69, 9.17) is 4.74 Å². The predicted octanol–water partition coefficient (Wildman–Crippen LogP) is 0.920. The average molecular weight is 139 g/mol. The van der Waals surface area contributed by atoms with Gasteiger partial charge in [0.2, 0.25) is 6.73 Å². The molecule has 3 heteroatoms. The molecule has 2 heterocycles. The number of hydrogen-bond donors (Lipinski definition) is 0. The smallest absolute Gasteiger partial charge is 0.242 e. The van der Waals surface area contributed by atoms with Crippen LogP contribution in [0.3, 0.4) is 0 Å². The summed E-state index contributed by atoms with van der Waals surface area (Å²) >= 11 is 0. The van der Waals surface area contributed by atoms with E-state index in [9.17, 15) is 0 Å². The van der Waals surface area contributed by atoms with Gasteiger partial charge in [0.15, 0.2) is 0 Å². The highest BCUT2D eigenvalue weighted by atomic mass is 16.5. The molecule has 0 spiro atoms. The van der Waals surface area contributed by atoms with Crippen molar-refractivity contribution in [2.75, 3.05) is 13.1 Å². The van der Waals surface area contributed by atoms with Gasteiger partial charge < -0.3 is 4.74 Å². The summed E-state index contributed by atoms with van der Waals surface area (Å²) in [7, 11) is 0. The molecule has 0 atom stereocenters. The molecule has 0 aromatic rings. The van der Waals surface area contributed by atoms with Crippen molar-refractivity contribution in [2.24, 2.45) is 0 Å². The van der Waals surface area contributed by atoms with E-state index in [1.54, 1.807) is 13.0 Å². The van der Waals surface area contributed by atoms with Gasteiger partial charge in [0.1, 0.15) is 6.26 Å². The molecular formula is C7H11N2O. The zero-order valence-corrected chi connectivity index (χ0v) is 5.86. The minimum Gasteiger partial charge on any atom is -0.469 e. The molecule has 0 unspecified atom stereocenters. The monoisotopic (exact) mass is 139 g/mol. The van der Waals surface area contributed by atoms with E-state index in [2.05, 4.69) is 5.01 Å². The van der Waals surface area contributed by atoms with Crippen molar-refractivity contribution in [3.05, 3.63) is 19.2 Å². The van der Waals surface area contributed by atoms with Crippen LogP contribution in [0.2, 0.25) is 0 Å². The molecule has 10 heavy (non-hydrogen) atoms. The molecular weight excluding hydrogens is 128 g/mol. The highest BCUT2D eigenvalue weighted by Gasteiger charge is 2.19. The third-order valence-electron chi connectivity index (χ3n) is 1.87. The van der Waals surface area contributed by atoms with Gasteiger partial charge in [-0.1, -0.05) is 0 Å². The Morgan fingerprint density at radius 2 is 2.00 bits per heavy atom. The van der Waals surface area contributed by atoms with E-state index in [1.165, 1.54) is 12.8 Å². The van der Waals surface area contributed by atoms with E-state index in [1.807, 2.05) is 11.2 Å². The zero-order valence-electron chi connectivity index (χ0n) is 5.86. The largest absolute Gasteiger partial charge is 0.469 e. The minimum atomic E-state index is 1.16. The molecule has 2 aliphatic rings. The van der Waals surface area contributed by atoms with Crippen molar-refractivity contribution < 1.29 is 4.74 Å². The molecule has 0 bridgehead atoms. The molecule has 1 fully saturated rings. The molecule has 2 rings (SSSR count). The Bertz CT molecular complexity index is 141. The summed E-state index contributed by atoms with van der Waals surface area (Å²) in [6, 6.07) is 0. The van der Waals surface area contributed by atoms with E-state index in [-0.39, 0.29) is 0 Å². The summed E-state index contributed by atoms with van der Waals surface area (Å²) in [5.41, 5.74) is 0. The molecule has 0 aromatic heterocycles. The Hall–Kier alpha value is -0.700. The summed E-state index contributed by atoms with van der Waals surface area (Å²) in [6.07, 6.45) is 6.24. The van der Waals surface area contributed by atoms with E-state index in [0.717, 1.165) is 13.1 Å². The second kappa shape index (κ2) is 2.50. The molecule has 2 aliphatic heterocycles. The van der Waals surface area contributed by atoms with E-state index >= 15 is 0 Å². The number of rotatable bonds is 1. The number of ether oxygens (including phenoxy) is 1. The number of hydrogen-bond acceptors (Lipinski definition) is 3. The fourth-order valence-corrected chi connectivity index (χ4v) is 1.32. The maximum Gasteiger partial charge on any atom is 0.242 e. The average Bonchev–Trinajstić information content (AvgIpc) is 2.59. The lowest BCUT2D eigenvalue weighted by Crippen LogP contribution is -2.32. The van der Waals surface area contributed by atoms with Crippen molar-refractivity contribution in [1.29, 1.82) is 0 Å². The maximum absolute atomic E-state index is 4.95. The van der Waals surface area contributed by atoms with Crippen molar-refractivity contribution in [2.45, 2.75) is 12.8 Å². The number of nitrogens with zero attached hydrogens (tertiary/aromatic N) is 2. The standard InChI is InChI=1S/C7H11N2O/c1-2-4-8(3-1)9-5-6-10-7-9/h5-7H,1-4H2. The highest BCUT2D eigenvalue weighted by molar-refractivity contribution is 4.85. The SMILES string of the molecule is [CH]1OC=CN1N1CCCC1. The maximum atomic E-state index is 4.95. The van der Waals surface area contributed by atoms with Gasteiger partial charge in [-0.15, -0.1) is 0 Å². The van der Waals surface area contributed by atoms with Crippen LogP contribution < -0.4 is 0 Å². The van der Waals surface area contributed by atoms with Crippen molar-refractivity contribution in [3.63, 3.8) is 0 Å². The fourth-order valence-electron chi connectivity index (χ4n) is 1.32. The molecule has 1 saturated heterocycles. The van der Waals surface area contributed by atoms with Gasteiger partial charge in [0, 0.05) is 13.1 Å². The van der Waals surface area contributed by atoms with Crippen molar-refractivity contribution >= 4 is 0 Å². The van der Waals surface area contributed by atoms with Gasteiger partial charge in [-0.2, -0.15) is 0 Å². The second-order valence-corrected chi connectivity index (χ2v) is 2.57. The van der Waals surface area contributed by atoms with Gasteiger partial charge >= 0.3 is 0 Å². The van der Waals surface area contributed by atoms with Crippen LogP contribution in [-0.2, 0) is 4.74 Å². The summed E-state index contributed by atoms with van der Waals surface area (Å²) in [4.78, 5) is 0. The topological polar surface area (TPSA) is 15.7 Å². The Balaban J connectivity index is 1.91. The predicted molar refractivity (Wildman–Crippen MR) is 37.2 cm³/mol. The molecule has 55 valence electrons. The van der Waals surface area contributed by atoms with E-state index < -0.39 is 0 Å². The summed E-state index contributed by atoms with van der Waals surface area (Å²) in [6.45, 7) is 4.04. The third kappa shape index (κ3) is 0.968. The van der Waals surface area contributed by atoms with Gasteiger partial charge in [0.05, 0.1) is 6.20 Å². The van der Waals surface area contributed by atoms with Crippen LogP contribution in [0.25, 0.3) is 0 Å².